The summed E-state index contributed by atoms with van der Waals surface area (Å²) in [5.74, 6) is 0.543. The molecule has 0 aromatic carbocycles. The second-order valence-corrected chi connectivity index (χ2v) is 9.67. The van der Waals surface area contributed by atoms with Gasteiger partial charge in [-0.3, -0.25) is 9.59 Å². The molecule has 2 fully saturated rings. The van der Waals surface area contributed by atoms with Crippen molar-refractivity contribution < 1.29 is 14.3 Å². The van der Waals surface area contributed by atoms with Gasteiger partial charge in [0.2, 0.25) is 5.91 Å². The highest BCUT2D eigenvalue weighted by atomic mass is 16.5. The van der Waals surface area contributed by atoms with Crippen molar-refractivity contribution >= 4 is 11.8 Å². The van der Waals surface area contributed by atoms with Gasteiger partial charge in [-0.05, 0) is 50.5 Å². The maximum atomic E-state index is 12.8. The van der Waals surface area contributed by atoms with Crippen LogP contribution < -0.4 is 15.8 Å². The number of aromatic nitrogens is 1. The lowest BCUT2D eigenvalue weighted by Crippen LogP contribution is -2.50. The number of nitrogens with zero attached hydrogens (tertiary/aromatic N) is 3. The number of hydrogen-bond donors (Lipinski definition) is 2. The van der Waals surface area contributed by atoms with Gasteiger partial charge < -0.3 is 20.7 Å². The van der Waals surface area contributed by atoms with Crippen LogP contribution in [-0.4, -0.2) is 53.0 Å². The summed E-state index contributed by atoms with van der Waals surface area (Å²) in [5, 5.41) is 12.3. The van der Waals surface area contributed by atoms with Gasteiger partial charge in [-0.2, -0.15) is 5.26 Å². The van der Waals surface area contributed by atoms with E-state index >= 15 is 0 Å². The van der Waals surface area contributed by atoms with Crippen LogP contribution in [0.15, 0.2) is 12.3 Å². The van der Waals surface area contributed by atoms with Crippen LogP contribution >= 0.6 is 0 Å². The first kappa shape index (κ1) is 21.6. The average Bonchev–Trinajstić information content (AvgIpc) is 3.37. The van der Waals surface area contributed by atoms with Crippen molar-refractivity contribution in [2.24, 2.45) is 11.7 Å². The van der Waals surface area contributed by atoms with Crippen molar-refractivity contribution in [1.29, 1.82) is 5.26 Å². The summed E-state index contributed by atoms with van der Waals surface area (Å²) in [6.45, 7) is 5.39. The Hall–Kier alpha value is -2.66. The predicted octanol–water partition coefficient (Wildman–Crippen LogP) is 1.88. The fourth-order valence-electron chi connectivity index (χ4n) is 4.99. The minimum absolute atomic E-state index is 0.0454. The van der Waals surface area contributed by atoms with Crippen molar-refractivity contribution in [2.75, 3.05) is 13.2 Å². The first-order chi connectivity index (χ1) is 14.8. The molecule has 0 spiro atoms. The largest absolute Gasteiger partial charge is 0.491 e. The standard InChI is InChI=1S/C23H31N5O3/c1-23(2)13-31-19-12-26-18(10-17(19)23)21(29)27-15-7-5-14(6-8-15)20(25)22(30)28-9-3-4-16(28)11-24/h10,12,14-16,20H,3-9,13,25H2,1-2H3,(H,27,29)/t14?,15?,16-,20-/m0/s1. The second kappa shape index (κ2) is 8.46. The van der Waals surface area contributed by atoms with Gasteiger partial charge in [-0.1, -0.05) is 13.8 Å². The first-order valence-corrected chi connectivity index (χ1v) is 11.2. The van der Waals surface area contributed by atoms with E-state index in [-0.39, 0.29) is 35.2 Å². The van der Waals surface area contributed by atoms with E-state index in [1.165, 1.54) is 0 Å². The van der Waals surface area contributed by atoms with E-state index in [2.05, 4.69) is 30.2 Å². The summed E-state index contributed by atoms with van der Waals surface area (Å²) >= 11 is 0. The van der Waals surface area contributed by atoms with Crippen molar-refractivity contribution in [1.82, 2.24) is 15.2 Å². The summed E-state index contributed by atoms with van der Waals surface area (Å²) in [6.07, 6.45) is 6.33. The number of carbonyl (C=O) groups is 2. The lowest BCUT2D eigenvalue weighted by atomic mass is 9.81. The van der Waals surface area contributed by atoms with E-state index in [9.17, 15) is 14.9 Å². The zero-order chi connectivity index (χ0) is 22.2. The topological polar surface area (TPSA) is 121 Å². The number of nitriles is 1. The number of fused-ring (bicyclic) bond motifs is 1. The molecule has 8 heteroatoms. The molecule has 3 N–H and O–H groups in total. The number of nitrogens with two attached hydrogens (primary N) is 1. The molecular formula is C23H31N5O3. The third-order valence-electron chi connectivity index (χ3n) is 7.00. The lowest BCUT2D eigenvalue weighted by molar-refractivity contribution is -0.134. The van der Waals surface area contributed by atoms with E-state index in [4.69, 9.17) is 10.5 Å². The summed E-state index contributed by atoms with van der Waals surface area (Å²) in [5.41, 5.74) is 7.58. The zero-order valence-electron chi connectivity index (χ0n) is 18.3. The molecule has 1 saturated heterocycles. The molecule has 1 aliphatic carbocycles. The molecule has 2 amide bonds. The van der Waals surface area contributed by atoms with Gasteiger partial charge in [0.1, 0.15) is 17.5 Å². The molecule has 3 heterocycles. The Labute approximate surface area is 183 Å². The van der Waals surface area contributed by atoms with E-state index in [1.54, 1.807) is 11.1 Å². The van der Waals surface area contributed by atoms with Crippen molar-refractivity contribution in [3.05, 3.63) is 23.5 Å². The van der Waals surface area contributed by atoms with Gasteiger partial charge >= 0.3 is 0 Å². The summed E-state index contributed by atoms with van der Waals surface area (Å²) in [4.78, 5) is 31.4. The van der Waals surface area contributed by atoms with Crippen molar-refractivity contribution in [3.63, 3.8) is 0 Å². The molecular weight excluding hydrogens is 394 g/mol. The fraction of sp³-hybridized carbons (Fsp3) is 0.652. The molecule has 1 aromatic heterocycles. The number of ether oxygens (including phenoxy) is 1. The minimum Gasteiger partial charge on any atom is -0.491 e. The van der Waals surface area contributed by atoms with Crippen LogP contribution in [0.3, 0.4) is 0 Å². The minimum atomic E-state index is -0.578. The number of rotatable bonds is 4. The molecule has 4 rings (SSSR count). The first-order valence-electron chi connectivity index (χ1n) is 11.2. The normalized spacial score (nSPS) is 27.7. The lowest BCUT2D eigenvalue weighted by Gasteiger charge is -2.34. The molecule has 1 saturated carbocycles. The smallest absolute Gasteiger partial charge is 0.270 e. The maximum absolute atomic E-state index is 12.8. The van der Waals surface area contributed by atoms with Gasteiger partial charge in [0, 0.05) is 23.6 Å². The van der Waals surface area contributed by atoms with Crippen molar-refractivity contribution in [2.45, 2.75) is 75.9 Å². The van der Waals surface area contributed by atoms with Crippen LogP contribution in [0.25, 0.3) is 0 Å². The van der Waals surface area contributed by atoms with Crippen LogP contribution in [0.4, 0.5) is 0 Å². The Morgan fingerprint density at radius 1 is 1.32 bits per heavy atom. The number of carbonyl (C=O) groups excluding carboxylic acids is 2. The van der Waals surface area contributed by atoms with Gasteiger partial charge in [0.05, 0.1) is 24.9 Å². The third-order valence-corrected chi connectivity index (χ3v) is 7.00. The van der Waals surface area contributed by atoms with Gasteiger partial charge in [-0.15, -0.1) is 0 Å². The zero-order valence-corrected chi connectivity index (χ0v) is 18.3. The monoisotopic (exact) mass is 425 g/mol. The van der Waals surface area contributed by atoms with Crippen LogP contribution in [0.1, 0.15) is 68.4 Å². The molecule has 2 atom stereocenters. The highest BCUT2D eigenvalue weighted by Crippen LogP contribution is 2.38. The molecule has 31 heavy (non-hydrogen) atoms. The Morgan fingerprint density at radius 3 is 2.77 bits per heavy atom. The van der Waals surface area contributed by atoms with Crippen LogP contribution in [-0.2, 0) is 10.2 Å². The summed E-state index contributed by atoms with van der Waals surface area (Å²) in [6, 6.07) is 3.16. The molecule has 166 valence electrons. The Morgan fingerprint density at radius 2 is 2.06 bits per heavy atom. The predicted molar refractivity (Wildman–Crippen MR) is 114 cm³/mol. The quantitative estimate of drug-likeness (QED) is 0.760. The Balaban J connectivity index is 1.31. The highest BCUT2D eigenvalue weighted by molar-refractivity contribution is 5.93. The number of pyridine rings is 1. The second-order valence-electron chi connectivity index (χ2n) is 9.67. The van der Waals surface area contributed by atoms with E-state index in [0.29, 0.717) is 18.8 Å². The molecule has 8 nitrogen and oxygen atoms in total. The summed E-state index contributed by atoms with van der Waals surface area (Å²) in [7, 11) is 0. The Kier molecular flexibility index (Phi) is 5.89. The van der Waals surface area contributed by atoms with Gasteiger partial charge in [0.25, 0.3) is 5.91 Å². The Bertz CT molecular complexity index is 901. The number of amides is 2. The van der Waals surface area contributed by atoms with Gasteiger partial charge in [-0.25, -0.2) is 4.98 Å². The third kappa shape index (κ3) is 4.24. The van der Waals surface area contributed by atoms with E-state index < -0.39 is 6.04 Å². The van der Waals surface area contributed by atoms with E-state index in [0.717, 1.165) is 49.8 Å². The maximum Gasteiger partial charge on any atom is 0.270 e. The van der Waals surface area contributed by atoms with Gasteiger partial charge in [0.15, 0.2) is 0 Å². The number of likely N-dealkylation sites (tertiary alicyclic amines) is 1. The SMILES string of the molecule is CC1(C)COc2cnc(C(=O)NC3CCC([C@H](N)C(=O)N4CCC[C@H]4C#N)CC3)cc21. The molecule has 0 radical (unpaired) electrons. The van der Waals surface area contributed by atoms with Crippen LogP contribution in [0, 0.1) is 17.2 Å². The molecule has 1 aromatic rings. The van der Waals surface area contributed by atoms with Crippen LogP contribution in [0.2, 0.25) is 0 Å². The van der Waals surface area contributed by atoms with E-state index in [1.807, 2.05) is 6.07 Å². The fourth-order valence-corrected chi connectivity index (χ4v) is 4.99. The van der Waals surface area contributed by atoms with Crippen LogP contribution in [0.5, 0.6) is 5.75 Å². The average molecular weight is 426 g/mol. The molecule has 3 aliphatic rings. The molecule has 0 unspecified atom stereocenters. The molecule has 2 aliphatic heterocycles. The number of nitrogens with one attached hydrogen (secondary N) is 1. The summed E-state index contributed by atoms with van der Waals surface area (Å²) < 4.78 is 5.65. The highest BCUT2D eigenvalue weighted by Gasteiger charge is 2.37. The van der Waals surface area contributed by atoms with Crippen molar-refractivity contribution in [3.8, 4) is 11.8 Å². The molecule has 0 bridgehead atoms. The number of hydrogen-bond acceptors (Lipinski definition) is 6.